The SMILES string of the molecule is CC(C)C(CNc1cc(F)c(Br)cc1F)C(C)C. The number of anilines is 1. The number of hydrogen-bond donors (Lipinski definition) is 1. The van der Waals surface area contributed by atoms with Crippen molar-refractivity contribution in [1.29, 1.82) is 0 Å². The summed E-state index contributed by atoms with van der Waals surface area (Å²) in [5, 5.41) is 3.01. The Morgan fingerprint density at radius 3 is 2.11 bits per heavy atom. The van der Waals surface area contributed by atoms with Gasteiger partial charge in [-0.2, -0.15) is 0 Å². The highest BCUT2D eigenvalue weighted by Crippen LogP contribution is 2.25. The van der Waals surface area contributed by atoms with Crippen molar-refractivity contribution >= 4 is 21.6 Å². The van der Waals surface area contributed by atoms with Crippen molar-refractivity contribution in [2.45, 2.75) is 27.7 Å². The summed E-state index contributed by atoms with van der Waals surface area (Å²) in [7, 11) is 0. The number of nitrogens with one attached hydrogen (secondary N) is 1. The zero-order valence-corrected chi connectivity index (χ0v) is 12.8. The van der Waals surface area contributed by atoms with E-state index < -0.39 is 11.6 Å². The van der Waals surface area contributed by atoms with E-state index >= 15 is 0 Å². The van der Waals surface area contributed by atoms with Crippen LogP contribution in [0, 0.1) is 29.4 Å². The molecular weight excluding hydrogens is 300 g/mol. The molecule has 0 heterocycles. The molecule has 0 amide bonds. The summed E-state index contributed by atoms with van der Waals surface area (Å²) in [4.78, 5) is 0. The topological polar surface area (TPSA) is 12.0 Å². The van der Waals surface area contributed by atoms with Crippen LogP contribution in [0.2, 0.25) is 0 Å². The molecule has 0 unspecified atom stereocenters. The lowest BCUT2D eigenvalue weighted by Gasteiger charge is -2.25. The molecule has 0 bridgehead atoms. The number of hydrogen-bond acceptors (Lipinski definition) is 1. The fourth-order valence-corrected chi connectivity index (χ4v) is 2.44. The first-order valence-corrected chi connectivity index (χ1v) is 7.00. The summed E-state index contributed by atoms with van der Waals surface area (Å²) < 4.78 is 27.1. The van der Waals surface area contributed by atoms with E-state index in [1.807, 2.05) is 0 Å². The third-order valence-corrected chi connectivity index (χ3v) is 3.86. The summed E-state index contributed by atoms with van der Waals surface area (Å²) in [5.41, 5.74) is 0.224. The van der Waals surface area contributed by atoms with Gasteiger partial charge in [-0.25, -0.2) is 8.78 Å². The van der Waals surface area contributed by atoms with Gasteiger partial charge in [0.1, 0.15) is 11.6 Å². The van der Waals surface area contributed by atoms with Gasteiger partial charge in [-0.3, -0.25) is 0 Å². The molecule has 0 spiro atoms. The van der Waals surface area contributed by atoms with Crippen LogP contribution >= 0.6 is 15.9 Å². The maximum Gasteiger partial charge on any atom is 0.147 e. The van der Waals surface area contributed by atoms with E-state index in [0.29, 0.717) is 24.3 Å². The average molecular weight is 320 g/mol. The lowest BCUT2D eigenvalue weighted by atomic mass is 9.85. The molecule has 102 valence electrons. The fourth-order valence-electron chi connectivity index (χ4n) is 2.13. The Morgan fingerprint density at radius 2 is 1.61 bits per heavy atom. The largest absolute Gasteiger partial charge is 0.382 e. The lowest BCUT2D eigenvalue weighted by Crippen LogP contribution is -2.24. The van der Waals surface area contributed by atoms with Crippen LogP contribution < -0.4 is 5.32 Å². The van der Waals surface area contributed by atoms with Gasteiger partial charge < -0.3 is 5.32 Å². The molecule has 0 aliphatic carbocycles. The molecule has 0 radical (unpaired) electrons. The summed E-state index contributed by atoms with van der Waals surface area (Å²) in [6, 6.07) is 2.34. The Balaban J connectivity index is 2.76. The van der Waals surface area contributed by atoms with Crippen LogP contribution in [-0.4, -0.2) is 6.54 Å². The van der Waals surface area contributed by atoms with E-state index in [-0.39, 0.29) is 10.2 Å². The van der Waals surface area contributed by atoms with Gasteiger partial charge in [-0.15, -0.1) is 0 Å². The van der Waals surface area contributed by atoms with E-state index in [0.717, 1.165) is 6.07 Å². The third kappa shape index (κ3) is 3.94. The highest BCUT2D eigenvalue weighted by molar-refractivity contribution is 9.10. The predicted octanol–water partition coefficient (Wildman–Crippen LogP) is 5.07. The van der Waals surface area contributed by atoms with Gasteiger partial charge in [0.2, 0.25) is 0 Å². The first-order valence-electron chi connectivity index (χ1n) is 6.21. The molecule has 0 saturated heterocycles. The van der Waals surface area contributed by atoms with Crippen molar-refractivity contribution < 1.29 is 8.78 Å². The van der Waals surface area contributed by atoms with Crippen LogP contribution in [0.15, 0.2) is 16.6 Å². The molecule has 1 aromatic rings. The fraction of sp³-hybridized carbons (Fsp3) is 0.571. The van der Waals surface area contributed by atoms with Crippen LogP contribution in [0.1, 0.15) is 27.7 Å². The zero-order chi connectivity index (χ0) is 13.9. The van der Waals surface area contributed by atoms with Gasteiger partial charge in [0.05, 0.1) is 10.2 Å². The quantitative estimate of drug-likeness (QED) is 0.747. The molecule has 18 heavy (non-hydrogen) atoms. The van der Waals surface area contributed by atoms with Crippen LogP contribution in [0.4, 0.5) is 14.5 Å². The minimum absolute atomic E-state index is 0.148. The summed E-state index contributed by atoms with van der Waals surface area (Å²) in [6.07, 6.45) is 0. The van der Waals surface area contributed by atoms with Crippen molar-refractivity contribution in [2.75, 3.05) is 11.9 Å². The minimum Gasteiger partial charge on any atom is -0.382 e. The van der Waals surface area contributed by atoms with Crippen LogP contribution in [0.5, 0.6) is 0 Å². The van der Waals surface area contributed by atoms with Gasteiger partial charge in [0.25, 0.3) is 0 Å². The average Bonchev–Trinajstić information content (AvgIpc) is 2.24. The Kier molecular flexibility index (Phi) is 5.57. The molecule has 1 nitrogen and oxygen atoms in total. The molecule has 1 rings (SSSR count). The molecule has 0 aliphatic heterocycles. The molecule has 1 N–H and O–H groups in total. The molecule has 0 aromatic heterocycles. The van der Waals surface area contributed by atoms with Gasteiger partial charge in [-0.05, 0) is 39.8 Å². The summed E-state index contributed by atoms with van der Waals surface area (Å²) in [6.45, 7) is 9.22. The van der Waals surface area contributed by atoms with E-state index in [4.69, 9.17) is 0 Å². The highest BCUT2D eigenvalue weighted by atomic mass is 79.9. The molecule has 0 aliphatic rings. The molecular formula is C14H20BrF2N. The highest BCUT2D eigenvalue weighted by Gasteiger charge is 2.18. The van der Waals surface area contributed by atoms with E-state index in [1.165, 1.54) is 6.07 Å². The Morgan fingerprint density at radius 1 is 1.06 bits per heavy atom. The van der Waals surface area contributed by atoms with Crippen LogP contribution in [-0.2, 0) is 0 Å². The molecule has 0 saturated carbocycles. The number of rotatable bonds is 5. The van der Waals surface area contributed by atoms with Gasteiger partial charge in [0.15, 0.2) is 0 Å². The van der Waals surface area contributed by atoms with Crippen molar-refractivity contribution in [2.24, 2.45) is 17.8 Å². The second kappa shape index (κ2) is 6.50. The smallest absolute Gasteiger partial charge is 0.147 e. The van der Waals surface area contributed by atoms with Crippen molar-refractivity contribution in [3.8, 4) is 0 Å². The molecule has 0 fully saturated rings. The van der Waals surface area contributed by atoms with E-state index in [2.05, 4.69) is 48.9 Å². The molecule has 4 heteroatoms. The van der Waals surface area contributed by atoms with Crippen LogP contribution in [0.3, 0.4) is 0 Å². The standard InChI is InChI=1S/C14H20BrF2N/c1-8(2)10(9(3)4)7-18-14-6-12(16)11(15)5-13(14)17/h5-6,8-10,18H,7H2,1-4H3. The van der Waals surface area contributed by atoms with Gasteiger partial charge >= 0.3 is 0 Å². The van der Waals surface area contributed by atoms with Crippen molar-refractivity contribution in [3.05, 3.63) is 28.2 Å². The van der Waals surface area contributed by atoms with Gasteiger partial charge in [0, 0.05) is 12.6 Å². The predicted molar refractivity (Wildman–Crippen MR) is 75.7 cm³/mol. The summed E-state index contributed by atoms with van der Waals surface area (Å²) in [5.74, 6) is 0.539. The number of halogens is 3. The monoisotopic (exact) mass is 319 g/mol. The van der Waals surface area contributed by atoms with Crippen molar-refractivity contribution in [3.63, 3.8) is 0 Å². The van der Waals surface area contributed by atoms with E-state index in [9.17, 15) is 8.78 Å². The normalized spacial score (nSPS) is 11.7. The maximum atomic E-state index is 13.6. The molecule has 1 aromatic carbocycles. The first-order chi connectivity index (χ1) is 8.32. The minimum atomic E-state index is -0.454. The second-order valence-corrected chi connectivity index (χ2v) is 6.13. The third-order valence-electron chi connectivity index (χ3n) is 3.25. The maximum absolute atomic E-state index is 13.6. The van der Waals surface area contributed by atoms with Crippen LogP contribution in [0.25, 0.3) is 0 Å². The van der Waals surface area contributed by atoms with Gasteiger partial charge in [-0.1, -0.05) is 27.7 Å². The molecule has 0 atom stereocenters. The second-order valence-electron chi connectivity index (χ2n) is 5.28. The van der Waals surface area contributed by atoms with Crippen molar-refractivity contribution in [1.82, 2.24) is 0 Å². The Hall–Kier alpha value is -0.640. The van der Waals surface area contributed by atoms with E-state index in [1.54, 1.807) is 0 Å². The lowest BCUT2D eigenvalue weighted by molar-refractivity contribution is 0.304. The first kappa shape index (κ1) is 15.4. The Labute approximate surface area is 116 Å². The number of benzene rings is 1. The zero-order valence-electron chi connectivity index (χ0n) is 11.2. The summed E-state index contributed by atoms with van der Waals surface area (Å²) >= 11 is 2.96. The Bertz CT molecular complexity index is 397.